The molecular weight excluding hydrogens is 178 g/mol. The molecular formula is C8H6ClNO2. The summed E-state index contributed by atoms with van der Waals surface area (Å²) in [6.07, 6.45) is 1.88. The molecule has 0 unspecified atom stereocenters. The zero-order chi connectivity index (χ0) is 8.55. The Morgan fingerprint density at radius 3 is 3.25 bits per heavy atom. The Hall–Kier alpha value is -1.09. The van der Waals surface area contributed by atoms with Gasteiger partial charge in [0.1, 0.15) is 10.9 Å². The summed E-state index contributed by atoms with van der Waals surface area (Å²) in [4.78, 5) is 15.0. The van der Waals surface area contributed by atoms with Crippen molar-refractivity contribution >= 4 is 17.4 Å². The molecule has 3 nitrogen and oxygen atoms in total. The summed E-state index contributed by atoms with van der Waals surface area (Å²) < 4.78 is 5.23. The molecule has 0 saturated heterocycles. The smallest absolute Gasteiger partial charge is 0.171 e. The number of aromatic nitrogens is 1. The molecule has 0 N–H and O–H groups in total. The highest BCUT2D eigenvalue weighted by molar-refractivity contribution is 6.29. The first-order chi connectivity index (χ1) is 5.77. The number of carbonyl (C=O) groups is 1. The quantitative estimate of drug-likeness (QED) is 0.575. The average molecular weight is 184 g/mol. The largest absolute Gasteiger partial charge is 0.492 e. The van der Waals surface area contributed by atoms with Gasteiger partial charge in [-0.3, -0.25) is 4.79 Å². The van der Waals surface area contributed by atoms with E-state index in [0.29, 0.717) is 29.5 Å². The molecule has 0 saturated carbocycles. The lowest BCUT2D eigenvalue weighted by atomic mass is 10.1. The second kappa shape index (κ2) is 2.75. The van der Waals surface area contributed by atoms with Gasteiger partial charge in [-0.25, -0.2) is 4.98 Å². The van der Waals surface area contributed by atoms with Crippen molar-refractivity contribution in [1.29, 1.82) is 0 Å². The van der Waals surface area contributed by atoms with Crippen molar-refractivity contribution in [1.82, 2.24) is 4.98 Å². The Bertz CT molecular complexity index is 338. The van der Waals surface area contributed by atoms with Crippen molar-refractivity contribution in [3.63, 3.8) is 0 Å². The van der Waals surface area contributed by atoms with E-state index in [0.717, 1.165) is 0 Å². The Kier molecular flexibility index (Phi) is 1.73. The van der Waals surface area contributed by atoms with E-state index in [4.69, 9.17) is 16.3 Å². The van der Waals surface area contributed by atoms with Crippen LogP contribution in [0.4, 0.5) is 0 Å². The van der Waals surface area contributed by atoms with Crippen LogP contribution in [0, 0.1) is 0 Å². The molecule has 1 aliphatic heterocycles. The van der Waals surface area contributed by atoms with Gasteiger partial charge >= 0.3 is 0 Å². The number of rotatable bonds is 0. The number of ketones is 1. The minimum Gasteiger partial charge on any atom is -0.492 e. The molecule has 2 heterocycles. The van der Waals surface area contributed by atoms with Crippen molar-refractivity contribution in [3.05, 3.63) is 23.0 Å². The summed E-state index contributed by atoms with van der Waals surface area (Å²) >= 11 is 5.62. The summed E-state index contributed by atoms with van der Waals surface area (Å²) in [5.74, 6) is 0.617. The van der Waals surface area contributed by atoms with Gasteiger partial charge in [-0.1, -0.05) is 11.6 Å². The topological polar surface area (TPSA) is 39.2 Å². The van der Waals surface area contributed by atoms with Crippen LogP contribution in [0.1, 0.15) is 16.8 Å². The van der Waals surface area contributed by atoms with Gasteiger partial charge in [0.05, 0.1) is 12.2 Å². The lowest BCUT2D eigenvalue weighted by molar-refractivity contribution is 0.0933. The van der Waals surface area contributed by atoms with Gasteiger partial charge in [0.15, 0.2) is 5.78 Å². The first kappa shape index (κ1) is 7.55. The molecule has 4 heteroatoms. The number of ether oxygens (including phenoxy) is 1. The van der Waals surface area contributed by atoms with E-state index in [1.807, 2.05) is 0 Å². The Labute approximate surface area is 74.3 Å². The molecule has 0 bridgehead atoms. The van der Waals surface area contributed by atoms with Crippen molar-refractivity contribution < 1.29 is 9.53 Å². The first-order valence-electron chi connectivity index (χ1n) is 3.59. The number of carbonyl (C=O) groups excluding carboxylic acids is 1. The summed E-state index contributed by atoms with van der Waals surface area (Å²) in [6, 6.07) is 1.56. The molecule has 0 aliphatic carbocycles. The summed E-state index contributed by atoms with van der Waals surface area (Å²) in [5, 5.41) is 0.350. The van der Waals surface area contributed by atoms with Crippen LogP contribution in [-0.2, 0) is 0 Å². The maximum atomic E-state index is 11.2. The van der Waals surface area contributed by atoms with E-state index in [-0.39, 0.29) is 5.78 Å². The molecule has 0 spiro atoms. The number of nitrogens with zero attached hydrogens (tertiary/aromatic N) is 1. The van der Waals surface area contributed by atoms with Crippen LogP contribution in [0.25, 0.3) is 0 Å². The summed E-state index contributed by atoms with van der Waals surface area (Å²) in [5.41, 5.74) is 0.533. The highest BCUT2D eigenvalue weighted by Crippen LogP contribution is 2.25. The van der Waals surface area contributed by atoms with E-state index < -0.39 is 0 Å². The van der Waals surface area contributed by atoms with Crippen molar-refractivity contribution in [2.75, 3.05) is 6.61 Å². The third-order valence-corrected chi connectivity index (χ3v) is 1.93. The number of hydrogen-bond donors (Lipinski definition) is 0. The van der Waals surface area contributed by atoms with Gasteiger partial charge in [0, 0.05) is 18.7 Å². The second-order valence-corrected chi connectivity index (χ2v) is 2.91. The van der Waals surface area contributed by atoms with E-state index in [9.17, 15) is 4.79 Å². The Morgan fingerprint density at radius 1 is 1.58 bits per heavy atom. The highest BCUT2D eigenvalue weighted by Gasteiger charge is 2.18. The third kappa shape index (κ3) is 1.16. The Morgan fingerprint density at radius 2 is 2.42 bits per heavy atom. The lowest BCUT2D eigenvalue weighted by Gasteiger charge is -2.14. The molecule has 0 amide bonds. The number of hydrogen-bond acceptors (Lipinski definition) is 3. The maximum Gasteiger partial charge on any atom is 0.171 e. The monoisotopic (exact) mass is 183 g/mol. The van der Waals surface area contributed by atoms with Gasteiger partial charge in [0.2, 0.25) is 0 Å². The van der Waals surface area contributed by atoms with Crippen molar-refractivity contribution in [2.24, 2.45) is 0 Å². The minimum atomic E-state index is 0.0698. The van der Waals surface area contributed by atoms with Gasteiger partial charge in [-0.05, 0) is 0 Å². The molecule has 0 aromatic carbocycles. The van der Waals surface area contributed by atoms with Crippen LogP contribution in [0.2, 0.25) is 5.15 Å². The summed E-state index contributed by atoms with van der Waals surface area (Å²) in [6.45, 7) is 0.437. The van der Waals surface area contributed by atoms with E-state index >= 15 is 0 Å². The van der Waals surface area contributed by atoms with Gasteiger partial charge in [0.25, 0.3) is 0 Å². The number of halogens is 1. The fourth-order valence-electron chi connectivity index (χ4n) is 1.13. The van der Waals surface area contributed by atoms with Gasteiger partial charge < -0.3 is 4.74 Å². The SMILES string of the molecule is O=C1CCOc2cc(Cl)ncc21. The minimum absolute atomic E-state index is 0.0698. The van der Waals surface area contributed by atoms with Crippen LogP contribution in [-0.4, -0.2) is 17.4 Å². The zero-order valence-electron chi connectivity index (χ0n) is 6.21. The van der Waals surface area contributed by atoms with Crippen LogP contribution in [0.3, 0.4) is 0 Å². The molecule has 2 rings (SSSR count). The third-order valence-electron chi connectivity index (χ3n) is 1.72. The molecule has 0 radical (unpaired) electrons. The molecule has 12 heavy (non-hydrogen) atoms. The lowest BCUT2D eigenvalue weighted by Crippen LogP contribution is -2.15. The average Bonchev–Trinajstić information content (AvgIpc) is 2.04. The normalized spacial score (nSPS) is 15.2. The molecule has 62 valence electrons. The zero-order valence-corrected chi connectivity index (χ0v) is 6.97. The second-order valence-electron chi connectivity index (χ2n) is 2.52. The molecule has 1 aromatic heterocycles. The molecule has 0 fully saturated rings. The fourth-order valence-corrected chi connectivity index (χ4v) is 1.28. The molecule has 0 atom stereocenters. The van der Waals surface area contributed by atoms with Crippen LogP contribution >= 0.6 is 11.6 Å². The Balaban J connectivity index is 2.53. The molecule has 1 aliphatic rings. The standard InChI is InChI=1S/C8H6ClNO2/c9-8-3-7-5(4-10-8)6(11)1-2-12-7/h3-4H,1-2H2. The van der Waals surface area contributed by atoms with E-state index in [1.54, 1.807) is 6.07 Å². The predicted molar refractivity (Wildman–Crippen MR) is 43.7 cm³/mol. The van der Waals surface area contributed by atoms with E-state index in [1.165, 1.54) is 6.20 Å². The van der Waals surface area contributed by atoms with Gasteiger partial charge in [-0.15, -0.1) is 0 Å². The predicted octanol–water partition coefficient (Wildman–Crippen LogP) is 1.70. The van der Waals surface area contributed by atoms with Crippen LogP contribution < -0.4 is 4.74 Å². The van der Waals surface area contributed by atoms with Crippen LogP contribution in [0.15, 0.2) is 12.3 Å². The number of Topliss-reactive ketones (excluding diaryl/α,β-unsaturated/α-hetero) is 1. The number of fused-ring (bicyclic) bond motifs is 1. The molecule has 1 aromatic rings. The van der Waals surface area contributed by atoms with Crippen LogP contribution in [0.5, 0.6) is 5.75 Å². The number of pyridine rings is 1. The van der Waals surface area contributed by atoms with Crippen molar-refractivity contribution in [3.8, 4) is 5.75 Å². The summed E-state index contributed by atoms with van der Waals surface area (Å²) in [7, 11) is 0. The fraction of sp³-hybridized carbons (Fsp3) is 0.250. The van der Waals surface area contributed by atoms with Gasteiger partial charge in [-0.2, -0.15) is 0 Å². The van der Waals surface area contributed by atoms with E-state index in [2.05, 4.69) is 4.98 Å². The highest BCUT2D eigenvalue weighted by atomic mass is 35.5. The van der Waals surface area contributed by atoms with Crippen molar-refractivity contribution in [2.45, 2.75) is 6.42 Å². The maximum absolute atomic E-state index is 11.2. The first-order valence-corrected chi connectivity index (χ1v) is 3.97.